The molecule has 1 fully saturated rings. The van der Waals surface area contributed by atoms with E-state index in [9.17, 15) is 9.59 Å². The van der Waals surface area contributed by atoms with Gasteiger partial charge in [0.2, 0.25) is 0 Å². The molecule has 0 aromatic heterocycles. The predicted octanol–water partition coefficient (Wildman–Crippen LogP) is 4.89. The Balaban J connectivity index is 2.36. The van der Waals surface area contributed by atoms with Gasteiger partial charge in [-0.1, -0.05) is 46.3 Å². The number of carbonyl (C=O) groups is 2. The fraction of sp³-hybridized carbons (Fsp3) is 0.810. The van der Waals surface area contributed by atoms with Gasteiger partial charge in [-0.05, 0) is 44.3 Å². The van der Waals surface area contributed by atoms with Gasteiger partial charge in [-0.25, -0.2) is 0 Å². The third kappa shape index (κ3) is 3.33. The van der Waals surface area contributed by atoms with Gasteiger partial charge in [0.1, 0.15) is 5.92 Å². The van der Waals surface area contributed by atoms with Crippen LogP contribution < -0.4 is 0 Å². The zero-order valence-corrected chi connectivity index (χ0v) is 19.0. The maximum atomic E-state index is 13.1. The Labute approximate surface area is 159 Å². The van der Waals surface area contributed by atoms with Crippen molar-refractivity contribution >= 4 is 20.1 Å². The zero-order valence-electron chi connectivity index (χ0n) is 18.0. The number of Topliss-reactive ketones (excluding diaryl/α,β-unsaturated/α-hetero) is 1. The molecule has 0 radical (unpaired) electrons. The summed E-state index contributed by atoms with van der Waals surface area (Å²) in [5, 5.41) is 0.149. The van der Waals surface area contributed by atoms with Crippen molar-refractivity contribution in [3.8, 4) is 0 Å². The largest absolute Gasteiger partial charge is 0.468 e. The predicted molar refractivity (Wildman–Crippen MR) is 106 cm³/mol. The maximum Gasteiger partial charge on any atom is 0.316 e. The summed E-state index contributed by atoms with van der Waals surface area (Å²) in [5.74, 6) is -1.06. The number of hydrogen-bond acceptors (Lipinski definition) is 4. The van der Waals surface area contributed by atoms with Gasteiger partial charge in [-0.15, -0.1) is 0 Å². The van der Waals surface area contributed by atoms with E-state index in [-0.39, 0.29) is 22.3 Å². The highest BCUT2D eigenvalue weighted by Gasteiger charge is 2.56. The third-order valence-corrected chi connectivity index (χ3v) is 11.6. The minimum Gasteiger partial charge on any atom is -0.468 e. The molecule has 0 aromatic rings. The Morgan fingerprint density at radius 2 is 1.81 bits per heavy atom. The summed E-state index contributed by atoms with van der Waals surface area (Å²) in [4.78, 5) is 25.2. The van der Waals surface area contributed by atoms with Crippen LogP contribution in [0.25, 0.3) is 0 Å². The molecule has 5 heteroatoms. The van der Waals surface area contributed by atoms with Crippen molar-refractivity contribution in [2.24, 2.45) is 16.7 Å². The van der Waals surface area contributed by atoms with Crippen LogP contribution in [-0.2, 0) is 18.8 Å². The Morgan fingerprint density at radius 1 is 1.23 bits per heavy atom. The van der Waals surface area contributed by atoms with Gasteiger partial charge >= 0.3 is 5.97 Å². The highest BCUT2D eigenvalue weighted by atomic mass is 28.4. The number of ether oxygens (including phenoxy) is 1. The molecular formula is C21H36O4Si. The van der Waals surface area contributed by atoms with Crippen molar-refractivity contribution < 1.29 is 18.8 Å². The summed E-state index contributed by atoms with van der Waals surface area (Å²) in [7, 11) is -0.550. The first-order valence-corrected chi connectivity index (χ1v) is 12.6. The van der Waals surface area contributed by atoms with E-state index in [4.69, 9.17) is 9.16 Å². The molecule has 0 bridgehead atoms. The molecule has 0 aromatic carbocycles. The van der Waals surface area contributed by atoms with E-state index < -0.39 is 25.6 Å². The van der Waals surface area contributed by atoms with Crippen molar-refractivity contribution in [1.29, 1.82) is 0 Å². The molecule has 1 unspecified atom stereocenters. The molecule has 3 atom stereocenters. The average molecular weight is 381 g/mol. The number of ketones is 1. The van der Waals surface area contributed by atoms with Crippen molar-refractivity contribution in [3.63, 3.8) is 0 Å². The number of hydrogen-bond donors (Lipinski definition) is 0. The molecule has 2 rings (SSSR count). The second kappa shape index (κ2) is 6.59. The van der Waals surface area contributed by atoms with Crippen molar-refractivity contribution in [2.75, 3.05) is 7.11 Å². The first kappa shape index (κ1) is 21.4. The molecule has 4 nitrogen and oxygen atoms in total. The van der Waals surface area contributed by atoms with Gasteiger partial charge in [0.25, 0.3) is 0 Å². The van der Waals surface area contributed by atoms with Gasteiger partial charge in [-0.3, -0.25) is 9.59 Å². The Bertz CT molecular complexity index is 626. The van der Waals surface area contributed by atoms with Crippen LogP contribution in [0, 0.1) is 16.7 Å². The van der Waals surface area contributed by atoms with Crippen LogP contribution in [-0.4, -0.2) is 33.3 Å². The highest BCUT2D eigenvalue weighted by Crippen LogP contribution is 2.56. The van der Waals surface area contributed by atoms with Crippen LogP contribution in [0.5, 0.6) is 0 Å². The summed E-state index contributed by atoms with van der Waals surface area (Å²) >= 11 is 0. The fourth-order valence-corrected chi connectivity index (χ4v) is 5.83. The van der Waals surface area contributed by atoms with Crippen LogP contribution in [0.2, 0.25) is 18.1 Å². The summed E-state index contributed by atoms with van der Waals surface area (Å²) in [5.41, 5.74) is 0.331. The SMILES string of the molecule is COC(=O)C1CC=C2C(C)(C)[C@@H](O[Si](C)(C)C(C)(C)C)CC[C@@]2(C)C1=O. The first-order valence-electron chi connectivity index (χ1n) is 9.69. The second-order valence-electron chi connectivity index (χ2n) is 10.3. The quantitative estimate of drug-likeness (QED) is 0.303. The number of esters is 1. The van der Waals surface area contributed by atoms with Crippen molar-refractivity contribution in [2.45, 2.75) is 85.0 Å². The molecule has 0 spiro atoms. The number of methoxy groups -OCH3 is 1. The van der Waals surface area contributed by atoms with Gasteiger partial charge in [0.15, 0.2) is 14.1 Å². The molecular weight excluding hydrogens is 344 g/mol. The second-order valence-corrected chi connectivity index (χ2v) is 15.0. The molecule has 0 saturated heterocycles. The molecule has 148 valence electrons. The molecule has 0 N–H and O–H groups in total. The van der Waals surface area contributed by atoms with Crippen LogP contribution in [0.3, 0.4) is 0 Å². The standard InChI is InChI=1S/C21H36O4Si/c1-19(2,3)26(8,9)25-16-12-13-21(6)15(20(16,4)5)11-10-14(17(21)22)18(23)24-7/h11,14,16H,10,12-13H2,1-9H3/t14?,16-,21+/m0/s1. The molecule has 26 heavy (non-hydrogen) atoms. The van der Waals surface area contributed by atoms with Gasteiger partial charge in [-0.2, -0.15) is 0 Å². The maximum absolute atomic E-state index is 13.1. The Kier molecular flexibility index (Phi) is 5.41. The third-order valence-electron chi connectivity index (χ3n) is 7.15. The van der Waals surface area contributed by atoms with E-state index >= 15 is 0 Å². The lowest BCUT2D eigenvalue weighted by atomic mass is 9.54. The van der Waals surface area contributed by atoms with E-state index in [0.717, 1.165) is 18.4 Å². The lowest BCUT2D eigenvalue weighted by Gasteiger charge is -2.54. The number of fused-ring (bicyclic) bond motifs is 1. The van der Waals surface area contributed by atoms with E-state index in [0.29, 0.717) is 6.42 Å². The fourth-order valence-electron chi connectivity index (χ4n) is 4.36. The Hall–Kier alpha value is -0.943. The van der Waals surface area contributed by atoms with Crippen LogP contribution in [0.15, 0.2) is 11.6 Å². The van der Waals surface area contributed by atoms with Crippen LogP contribution in [0.4, 0.5) is 0 Å². The minimum atomic E-state index is -1.90. The summed E-state index contributed by atoms with van der Waals surface area (Å²) in [6.07, 6.45) is 4.22. The minimum absolute atomic E-state index is 0.0145. The van der Waals surface area contributed by atoms with E-state index in [1.807, 2.05) is 6.92 Å². The van der Waals surface area contributed by atoms with E-state index in [1.54, 1.807) is 0 Å². The molecule has 1 saturated carbocycles. The first-order chi connectivity index (χ1) is 11.7. The zero-order chi connectivity index (χ0) is 20.1. The molecule has 2 aliphatic rings. The monoisotopic (exact) mass is 380 g/mol. The van der Waals surface area contributed by atoms with E-state index in [1.165, 1.54) is 7.11 Å². The van der Waals surface area contributed by atoms with Crippen LogP contribution in [0.1, 0.15) is 60.8 Å². The Morgan fingerprint density at radius 3 is 2.31 bits per heavy atom. The lowest BCUT2D eigenvalue weighted by Crippen LogP contribution is -2.55. The van der Waals surface area contributed by atoms with Gasteiger partial charge in [0.05, 0.1) is 13.2 Å². The highest BCUT2D eigenvalue weighted by molar-refractivity contribution is 6.74. The van der Waals surface area contributed by atoms with Crippen LogP contribution >= 0.6 is 0 Å². The summed E-state index contributed by atoms with van der Waals surface area (Å²) < 4.78 is 11.6. The molecule has 0 heterocycles. The molecule has 2 aliphatic carbocycles. The number of rotatable bonds is 3. The smallest absolute Gasteiger partial charge is 0.316 e. The molecule has 0 amide bonds. The molecule has 0 aliphatic heterocycles. The van der Waals surface area contributed by atoms with Crippen molar-refractivity contribution in [3.05, 3.63) is 11.6 Å². The van der Waals surface area contributed by atoms with Gasteiger partial charge in [0, 0.05) is 10.8 Å². The average Bonchev–Trinajstić information content (AvgIpc) is 2.50. The topological polar surface area (TPSA) is 52.6 Å². The number of carbonyl (C=O) groups excluding carboxylic acids is 2. The summed E-state index contributed by atoms with van der Waals surface area (Å²) in [6.45, 7) is 17.7. The number of allylic oxidation sites excluding steroid dienone is 1. The van der Waals surface area contributed by atoms with Gasteiger partial charge < -0.3 is 9.16 Å². The summed E-state index contributed by atoms with van der Waals surface area (Å²) in [6, 6.07) is 0. The normalized spacial score (nSPS) is 31.9. The van der Waals surface area contributed by atoms with Crippen molar-refractivity contribution in [1.82, 2.24) is 0 Å². The van der Waals surface area contributed by atoms with E-state index in [2.05, 4.69) is 53.8 Å². The lowest BCUT2D eigenvalue weighted by molar-refractivity contribution is -0.153.